The summed E-state index contributed by atoms with van der Waals surface area (Å²) in [6, 6.07) is 47.9. The second-order valence-electron chi connectivity index (χ2n) is 14.5. The van der Waals surface area contributed by atoms with Crippen LogP contribution in [0.3, 0.4) is 0 Å². The van der Waals surface area contributed by atoms with Crippen molar-refractivity contribution in [3.63, 3.8) is 0 Å². The molecule has 0 bridgehead atoms. The summed E-state index contributed by atoms with van der Waals surface area (Å²) in [7, 11) is 0. The Balaban J connectivity index is 1.18. The van der Waals surface area contributed by atoms with E-state index in [-0.39, 0.29) is 11.3 Å². The lowest BCUT2D eigenvalue weighted by atomic mass is 9.70. The fourth-order valence-electron chi connectivity index (χ4n) is 9.42. The Bertz CT molecular complexity index is 3620. The molecular formula is C55H35NO. The highest BCUT2D eigenvalue weighted by Crippen LogP contribution is 2.63. The van der Waals surface area contributed by atoms with Crippen molar-refractivity contribution in [2.24, 2.45) is 0 Å². The molecule has 0 saturated heterocycles. The molecule has 266 valence electrons. The molecule has 12 rings (SSSR count). The minimum Gasteiger partial charge on any atom is -0.456 e. The van der Waals surface area contributed by atoms with E-state index in [0.717, 1.165) is 72.0 Å². The molecule has 0 aliphatic heterocycles. The molecule has 2 aliphatic carbocycles. The molecule has 2 nitrogen and oxygen atoms in total. The Morgan fingerprint density at radius 3 is 1.65 bits per heavy atom. The lowest BCUT2D eigenvalue weighted by molar-refractivity contribution is 0.669. The molecule has 10 aromatic rings. The van der Waals surface area contributed by atoms with Crippen molar-refractivity contribution in [1.29, 1.82) is 0 Å². The van der Waals surface area contributed by atoms with Gasteiger partial charge in [0.2, 0.25) is 0 Å². The minimum absolute atomic E-state index is 0.0745. The van der Waals surface area contributed by atoms with Gasteiger partial charge in [-0.05, 0) is 104 Å². The van der Waals surface area contributed by atoms with Crippen molar-refractivity contribution in [3.8, 4) is 44.5 Å². The molecule has 1 aromatic heterocycles. The van der Waals surface area contributed by atoms with Gasteiger partial charge < -0.3 is 9.32 Å². The Morgan fingerprint density at radius 2 is 0.947 bits per heavy atom. The number of furan rings is 1. The first kappa shape index (κ1) is 24.2. The summed E-state index contributed by atoms with van der Waals surface area (Å²) in [4.78, 5) is 1.78. The average Bonchev–Trinajstić information content (AvgIpc) is 3.98. The predicted octanol–water partition coefficient (Wildman–Crippen LogP) is 14.7. The van der Waals surface area contributed by atoms with Crippen molar-refractivity contribution in [2.75, 3.05) is 4.90 Å². The van der Waals surface area contributed by atoms with E-state index in [4.69, 9.17) is 11.3 Å². The molecule has 0 unspecified atom stereocenters. The minimum atomic E-state index is -0.735. The van der Waals surface area contributed by atoms with Crippen molar-refractivity contribution < 1.29 is 16.8 Å². The summed E-state index contributed by atoms with van der Waals surface area (Å²) in [5.74, 6) is 0. The maximum Gasteiger partial charge on any atom is 0.136 e. The number of hydrogen-bond acceptors (Lipinski definition) is 2. The monoisotopic (exact) mass is 734 g/mol. The molecule has 57 heavy (non-hydrogen) atoms. The summed E-state index contributed by atoms with van der Waals surface area (Å²) in [5.41, 5.74) is 11.3. The van der Waals surface area contributed by atoms with Crippen LogP contribution in [-0.2, 0) is 5.41 Å². The van der Waals surface area contributed by atoms with E-state index in [1.807, 2.05) is 78.9 Å². The van der Waals surface area contributed by atoms with Crippen molar-refractivity contribution in [2.45, 2.75) is 5.41 Å². The van der Waals surface area contributed by atoms with E-state index in [1.54, 1.807) is 4.90 Å². The molecule has 2 heteroatoms. The Morgan fingerprint density at radius 1 is 0.404 bits per heavy atom. The van der Waals surface area contributed by atoms with Crippen LogP contribution in [0.1, 0.15) is 34.6 Å². The van der Waals surface area contributed by atoms with Gasteiger partial charge in [0.25, 0.3) is 0 Å². The lowest BCUT2D eigenvalue weighted by Crippen LogP contribution is -2.26. The van der Waals surface area contributed by atoms with Crippen LogP contribution in [0, 0.1) is 0 Å². The molecule has 1 heterocycles. The van der Waals surface area contributed by atoms with Crippen LogP contribution < -0.4 is 4.90 Å². The molecule has 0 radical (unpaired) electrons. The van der Waals surface area contributed by atoms with Gasteiger partial charge in [0.15, 0.2) is 0 Å². The number of para-hydroxylation sites is 2. The van der Waals surface area contributed by atoms with Crippen LogP contribution in [-0.4, -0.2) is 0 Å². The lowest BCUT2D eigenvalue weighted by Gasteiger charge is -2.32. The van der Waals surface area contributed by atoms with Crippen molar-refractivity contribution in [3.05, 3.63) is 234 Å². The first-order valence-electron chi connectivity index (χ1n) is 23.4. The number of fused-ring (bicyclic) bond motifs is 13. The van der Waals surface area contributed by atoms with Crippen LogP contribution in [0.15, 0.2) is 217 Å². The van der Waals surface area contributed by atoms with Gasteiger partial charge in [-0.3, -0.25) is 0 Å². The van der Waals surface area contributed by atoms with E-state index in [9.17, 15) is 5.48 Å². The van der Waals surface area contributed by atoms with Crippen LogP contribution in [0.4, 0.5) is 17.1 Å². The van der Waals surface area contributed by atoms with Crippen molar-refractivity contribution in [1.82, 2.24) is 0 Å². The molecule has 0 N–H and O–H groups in total. The fourth-order valence-corrected chi connectivity index (χ4v) is 9.42. The quantitative estimate of drug-likeness (QED) is 0.175. The predicted molar refractivity (Wildman–Crippen MR) is 236 cm³/mol. The van der Waals surface area contributed by atoms with E-state index in [2.05, 4.69) is 78.9 Å². The molecule has 0 atom stereocenters. The summed E-state index contributed by atoms with van der Waals surface area (Å²) in [5, 5.41) is 1.78. The Kier molecular flexibility index (Phi) is 5.21. The van der Waals surface area contributed by atoms with Gasteiger partial charge in [-0.25, -0.2) is 0 Å². The summed E-state index contributed by atoms with van der Waals surface area (Å²) in [6.45, 7) is 0. The topological polar surface area (TPSA) is 16.4 Å². The fraction of sp³-hybridized carbons (Fsp3) is 0.0182. The van der Waals surface area contributed by atoms with Crippen LogP contribution in [0.2, 0.25) is 0 Å². The largest absolute Gasteiger partial charge is 0.456 e. The first-order chi connectivity index (χ1) is 32.0. The maximum absolute atomic E-state index is 9.84. The van der Waals surface area contributed by atoms with E-state index < -0.39 is 65.4 Å². The maximum atomic E-state index is 9.84. The second-order valence-corrected chi connectivity index (χ2v) is 14.5. The highest BCUT2D eigenvalue weighted by molar-refractivity contribution is 6.14. The zero-order chi connectivity index (χ0) is 45.3. The summed E-state index contributed by atoms with van der Waals surface area (Å²) in [6.07, 6.45) is 0. The zero-order valence-electron chi connectivity index (χ0n) is 39.4. The van der Waals surface area contributed by atoms with Gasteiger partial charge >= 0.3 is 0 Å². The number of rotatable bonds is 5. The Hall–Kier alpha value is -7.42. The zero-order valence-corrected chi connectivity index (χ0v) is 30.4. The smallest absolute Gasteiger partial charge is 0.136 e. The van der Waals surface area contributed by atoms with Gasteiger partial charge in [-0.1, -0.05) is 170 Å². The van der Waals surface area contributed by atoms with Crippen LogP contribution in [0.5, 0.6) is 0 Å². The summed E-state index contributed by atoms with van der Waals surface area (Å²) >= 11 is 0. The molecule has 0 saturated carbocycles. The normalized spacial score (nSPS) is 15.3. The number of hydrogen-bond donors (Lipinski definition) is 0. The molecule has 9 aromatic carbocycles. The van der Waals surface area contributed by atoms with Gasteiger partial charge in [0.05, 0.1) is 23.4 Å². The molecule has 0 fully saturated rings. The third-order valence-electron chi connectivity index (χ3n) is 11.7. The first-order valence-corrected chi connectivity index (χ1v) is 18.9. The third-order valence-corrected chi connectivity index (χ3v) is 11.7. The Labute approximate surface area is 344 Å². The third kappa shape index (κ3) is 4.53. The number of benzene rings is 9. The molecule has 0 amide bonds. The van der Waals surface area contributed by atoms with Gasteiger partial charge in [0, 0.05) is 27.7 Å². The molecular weight excluding hydrogens is 691 g/mol. The standard InChI is InChI=1S/C55H35NO/c1-2-15-36(16-3-1)37-29-31-38(32-30-37)56(51-26-12-7-20-44(51)45-22-14-28-53-54(45)46-21-8-13-27-52(46)57-53)39-33-34-43-42-19-6-11-25-49(42)55(50(43)35-39)47-23-9-4-17-40(47)41-18-5-10-24-48(41)55/h1-35H/i1D,2D,3D,15D,16D,29D,30D,31D,32D. The highest BCUT2D eigenvalue weighted by atomic mass is 16.3. The van der Waals surface area contributed by atoms with Crippen LogP contribution in [0.25, 0.3) is 66.4 Å². The molecule has 2 aliphatic rings. The van der Waals surface area contributed by atoms with E-state index >= 15 is 0 Å². The average molecular weight is 735 g/mol. The highest BCUT2D eigenvalue weighted by Gasteiger charge is 2.51. The van der Waals surface area contributed by atoms with Gasteiger partial charge in [-0.2, -0.15) is 0 Å². The SMILES string of the molecule is [2H]c1c([2H])c([2H])c(-c2c([2H])c([2H])c(N(c3ccc4c(c3)C3(c5ccccc5-c5ccccc53)c3ccccc3-4)c3ccccc3-c3cccc4oc5ccccc5c34)c([2H])c2[2H])c([2H])c1[2H]. The van der Waals surface area contributed by atoms with E-state index in [0.29, 0.717) is 17.0 Å². The van der Waals surface area contributed by atoms with E-state index in [1.165, 1.54) is 0 Å². The van der Waals surface area contributed by atoms with Crippen LogP contribution >= 0.6 is 0 Å². The van der Waals surface area contributed by atoms with Crippen molar-refractivity contribution >= 4 is 39.0 Å². The molecule has 1 spiro atoms. The van der Waals surface area contributed by atoms with Gasteiger partial charge in [0.1, 0.15) is 11.2 Å². The summed E-state index contributed by atoms with van der Waals surface area (Å²) < 4.78 is 87.7. The number of anilines is 3. The number of nitrogens with zero attached hydrogens (tertiary/aromatic N) is 1. The second kappa shape index (κ2) is 12.3. The van der Waals surface area contributed by atoms with Gasteiger partial charge in [-0.15, -0.1) is 0 Å².